The topological polar surface area (TPSA) is 59.4 Å². The lowest BCUT2D eigenvalue weighted by Gasteiger charge is -2.07. The van der Waals surface area contributed by atoms with Crippen LogP contribution in [0.4, 0.5) is 0 Å². The zero-order valence-corrected chi connectivity index (χ0v) is 9.24. The number of carboxylic acid groups (broad SMARTS) is 1. The van der Waals surface area contributed by atoms with Gasteiger partial charge in [0.1, 0.15) is 10.4 Å². The van der Waals surface area contributed by atoms with E-state index in [9.17, 15) is 4.79 Å². The van der Waals surface area contributed by atoms with E-state index >= 15 is 0 Å². The van der Waals surface area contributed by atoms with E-state index in [1.54, 1.807) is 19.4 Å². The van der Waals surface area contributed by atoms with E-state index in [4.69, 9.17) is 9.84 Å². The minimum absolute atomic E-state index is 0.0701. The maximum Gasteiger partial charge on any atom is 0.303 e. The van der Waals surface area contributed by atoms with Crippen LogP contribution in [0.2, 0.25) is 0 Å². The molecule has 4 nitrogen and oxygen atoms in total. The van der Waals surface area contributed by atoms with Gasteiger partial charge in [-0.3, -0.25) is 4.79 Å². The summed E-state index contributed by atoms with van der Waals surface area (Å²) < 4.78 is 5.73. The first kappa shape index (κ1) is 11.0. The molecule has 0 unspecified atom stereocenters. The van der Waals surface area contributed by atoms with Gasteiger partial charge in [-0.2, -0.15) is 0 Å². The highest BCUT2D eigenvalue weighted by atomic mass is 79.9. The van der Waals surface area contributed by atoms with Gasteiger partial charge in [-0.1, -0.05) is 0 Å². The smallest absolute Gasteiger partial charge is 0.303 e. The van der Waals surface area contributed by atoms with E-state index in [0.29, 0.717) is 16.8 Å². The van der Waals surface area contributed by atoms with Crippen LogP contribution in [0.25, 0.3) is 0 Å². The highest BCUT2D eigenvalue weighted by Gasteiger charge is 2.09. The Kier molecular flexibility index (Phi) is 3.88. The Balaban J connectivity index is 2.87. The highest BCUT2D eigenvalue weighted by Crippen LogP contribution is 2.25. The molecule has 0 aliphatic heterocycles. The molecular formula is C9H10BrNO3. The molecule has 1 aromatic heterocycles. The molecule has 0 aliphatic rings. The van der Waals surface area contributed by atoms with Crippen LogP contribution in [-0.4, -0.2) is 23.2 Å². The maximum absolute atomic E-state index is 10.4. The lowest BCUT2D eigenvalue weighted by Crippen LogP contribution is -2.01. The number of aromatic nitrogens is 1. The number of halogens is 1. The Morgan fingerprint density at radius 1 is 1.71 bits per heavy atom. The number of carboxylic acids is 1. The lowest BCUT2D eigenvalue weighted by molar-refractivity contribution is -0.136. The first-order valence-corrected chi connectivity index (χ1v) is 4.83. The van der Waals surface area contributed by atoms with Crippen molar-refractivity contribution in [1.82, 2.24) is 4.98 Å². The quantitative estimate of drug-likeness (QED) is 0.839. The fourth-order valence-corrected chi connectivity index (χ4v) is 1.61. The van der Waals surface area contributed by atoms with Gasteiger partial charge in [0.2, 0.25) is 0 Å². The fraction of sp³-hybridized carbons (Fsp3) is 0.333. The van der Waals surface area contributed by atoms with Crippen LogP contribution in [0, 0.1) is 0 Å². The van der Waals surface area contributed by atoms with Crippen molar-refractivity contribution in [2.24, 2.45) is 0 Å². The molecule has 5 heteroatoms. The van der Waals surface area contributed by atoms with Crippen LogP contribution in [0.5, 0.6) is 5.75 Å². The summed E-state index contributed by atoms with van der Waals surface area (Å²) in [4.78, 5) is 14.4. The predicted octanol–water partition coefficient (Wildman–Crippen LogP) is 1.87. The second kappa shape index (κ2) is 4.95. The molecule has 0 bridgehead atoms. The van der Waals surface area contributed by atoms with E-state index in [1.165, 1.54) is 0 Å². The molecule has 0 saturated carbocycles. The van der Waals surface area contributed by atoms with Gasteiger partial charge in [0, 0.05) is 18.2 Å². The SMILES string of the molecule is COc1ccnc(Br)c1CCC(=O)O. The third kappa shape index (κ3) is 2.70. The summed E-state index contributed by atoms with van der Waals surface area (Å²) in [6.45, 7) is 0. The molecule has 1 N–H and O–H groups in total. The molecule has 0 aromatic carbocycles. The second-order valence-corrected chi connectivity index (χ2v) is 3.43. The normalized spacial score (nSPS) is 9.86. The van der Waals surface area contributed by atoms with Gasteiger partial charge in [-0.05, 0) is 28.4 Å². The van der Waals surface area contributed by atoms with E-state index in [1.807, 2.05) is 0 Å². The largest absolute Gasteiger partial charge is 0.496 e. The molecule has 0 saturated heterocycles. The van der Waals surface area contributed by atoms with Crippen LogP contribution in [0.3, 0.4) is 0 Å². The zero-order chi connectivity index (χ0) is 10.6. The lowest BCUT2D eigenvalue weighted by atomic mass is 10.1. The molecule has 0 spiro atoms. The summed E-state index contributed by atoms with van der Waals surface area (Å²) in [5.41, 5.74) is 0.789. The van der Waals surface area contributed by atoms with Crippen LogP contribution in [0.15, 0.2) is 16.9 Å². The van der Waals surface area contributed by atoms with Gasteiger partial charge in [-0.25, -0.2) is 4.98 Å². The van der Waals surface area contributed by atoms with Gasteiger partial charge in [-0.15, -0.1) is 0 Å². The molecule has 0 atom stereocenters. The maximum atomic E-state index is 10.4. The molecule has 0 aliphatic carbocycles. The van der Waals surface area contributed by atoms with Crippen molar-refractivity contribution in [2.45, 2.75) is 12.8 Å². The first-order chi connectivity index (χ1) is 6.65. The Morgan fingerprint density at radius 3 is 3.00 bits per heavy atom. The van der Waals surface area contributed by atoms with Crippen LogP contribution in [-0.2, 0) is 11.2 Å². The summed E-state index contributed by atoms with van der Waals surface area (Å²) in [6, 6.07) is 1.71. The minimum atomic E-state index is -0.831. The average molecular weight is 260 g/mol. The molecule has 0 fully saturated rings. The van der Waals surface area contributed by atoms with Crippen molar-refractivity contribution in [3.63, 3.8) is 0 Å². The van der Waals surface area contributed by atoms with Gasteiger partial charge < -0.3 is 9.84 Å². The van der Waals surface area contributed by atoms with Crippen LogP contribution >= 0.6 is 15.9 Å². The number of carbonyl (C=O) groups is 1. The van der Waals surface area contributed by atoms with Gasteiger partial charge >= 0.3 is 5.97 Å². The number of pyridine rings is 1. The summed E-state index contributed by atoms with van der Waals surface area (Å²) in [7, 11) is 1.55. The average Bonchev–Trinajstić information content (AvgIpc) is 2.15. The minimum Gasteiger partial charge on any atom is -0.496 e. The molecular weight excluding hydrogens is 250 g/mol. The van der Waals surface area contributed by atoms with Gasteiger partial charge in [0.25, 0.3) is 0 Å². The molecule has 1 rings (SSSR count). The van der Waals surface area contributed by atoms with Crippen molar-refractivity contribution >= 4 is 21.9 Å². The summed E-state index contributed by atoms with van der Waals surface area (Å²) in [5.74, 6) is -0.170. The van der Waals surface area contributed by atoms with Gasteiger partial charge in [0.05, 0.1) is 7.11 Å². The summed E-state index contributed by atoms with van der Waals surface area (Å²) >= 11 is 3.25. The standard InChI is InChI=1S/C9H10BrNO3/c1-14-7-4-5-11-9(10)6(7)2-3-8(12)13/h4-5H,2-3H2,1H3,(H,12,13). The van der Waals surface area contributed by atoms with Gasteiger partial charge in [0.15, 0.2) is 0 Å². The molecule has 14 heavy (non-hydrogen) atoms. The Bertz CT molecular complexity index is 341. The summed E-state index contributed by atoms with van der Waals surface area (Å²) in [6.07, 6.45) is 2.08. The Hall–Kier alpha value is -1.10. The van der Waals surface area contributed by atoms with Crippen molar-refractivity contribution in [1.29, 1.82) is 0 Å². The number of rotatable bonds is 4. The number of hydrogen-bond acceptors (Lipinski definition) is 3. The van der Waals surface area contributed by atoms with E-state index in [2.05, 4.69) is 20.9 Å². The second-order valence-electron chi connectivity index (χ2n) is 2.68. The molecule has 0 radical (unpaired) electrons. The van der Waals surface area contributed by atoms with E-state index in [-0.39, 0.29) is 6.42 Å². The van der Waals surface area contributed by atoms with Crippen molar-refractivity contribution in [2.75, 3.05) is 7.11 Å². The number of methoxy groups -OCH3 is 1. The monoisotopic (exact) mass is 259 g/mol. The molecule has 1 heterocycles. The predicted molar refractivity (Wildman–Crippen MR) is 54.4 cm³/mol. The first-order valence-electron chi connectivity index (χ1n) is 4.04. The Morgan fingerprint density at radius 2 is 2.43 bits per heavy atom. The number of aliphatic carboxylic acids is 1. The molecule has 76 valence electrons. The van der Waals surface area contributed by atoms with Crippen molar-refractivity contribution in [3.8, 4) is 5.75 Å². The number of hydrogen-bond donors (Lipinski definition) is 1. The molecule has 1 aromatic rings. The van der Waals surface area contributed by atoms with Crippen molar-refractivity contribution in [3.05, 3.63) is 22.4 Å². The van der Waals surface area contributed by atoms with Crippen LogP contribution in [0.1, 0.15) is 12.0 Å². The van der Waals surface area contributed by atoms with Crippen molar-refractivity contribution < 1.29 is 14.6 Å². The van der Waals surface area contributed by atoms with E-state index in [0.717, 1.165) is 5.56 Å². The highest BCUT2D eigenvalue weighted by molar-refractivity contribution is 9.10. The summed E-state index contributed by atoms with van der Waals surface area (Å²) in [5, 5.41) is 8.55. The van der Waals surface area contributed by atoms with E-state index < -0.39 is 5.97 Å². The third-order valence-corrected chi connectivity index (χ3v) is 2.45. The number of ether oxygens (including phenoxy) is 1. The van der Waals surface area contributed by atoms with Crippen LogP contribution < -0.4 is 4.74 Å². The zero-order valence-electron chi connectivity index (χ0n) is 7.66. The number of nitrogens with zero attached hydrogens (tertiary/aromatic N) is 1. The fourth-order valence-electron chi connectivity index (χ4n) is 1.10. The Labute approximate surface area is 90.0 Å². The third-order valence-electron chi connectivity index (χ3n) is 1.77. The molecule has 0 amide bonds.